The first kappa shape index (κ1) is 12.6. The summed E-state index contributed by atoms with van der Waals surface area (Å²) in [6, 6.07) is 10.2. The summed E-state index contributed by atoms with van der Waals surface area (Å²) in [5, 5.41) is 10.3. The molecular weight excluding hydrogens is 298 g/mol. The zero-order valence-electron chi connectivity index (χ0n) is 9.29. The van der Waals surface area contributed by atoms with Crippen LogP contribution < -0.4 is 5.06 Å². The normalized spacial score (nSPS) is 10.8. The van der Waals surface area contributed by atoms with Crippen LogP contribution in [0.5, 0.6) is 0 Å². The summed E-state index contributed by atoms with van der Waals surface area (Å²) in [4.78, 5) is 11.7. The molecule has 0 unspecified atom stereocenters. The molecule has 1 N–H and O–H groups in total. The van der Waals surface area contributed by atoms with E-state index in [-0.39, 0.29) is 0 Å². The van der Waals surface area contributed by atoms with E-state index < -0.39 is 5.91 Å². The topological polar surface area (TPSA) is 53.7 Å². The molecule has 1 amide bonds. The third kappa shape index (κ3) is 3.09. The Morgan fingerprint density at radius 1 is 1.33 bits per heavy atom. The summed E-state index contributed by atoms with van der Waals surface area (Å²) in [6.45, 7) is 0. The van der Waals surface area contributed by atoms with E-state index in [0.29, 0.717) is 16.5 Å². The lowest BCUT2D eigenvalue weighted by atomic mass is 10.3. The van der Waals surface area contributed by atoms with Crippen LogP contribution in [0.15, 0.2) is 57.6 Å². The van der Waals surface area contributed by atoms with Crippen LogP contribution in [0, 0.1) is 0 Å². The van der Waals surface area contributed by atoms with Gasteiger partial charge in [-0.3, -0.25) is 10.0 Å². The van der Waals surface area contributed by atoms with Gasteiger partial charge in [-0.15, -0.1) is 0 Å². The summed E-state index contributed by atoms with van der Waals surface area (Å²) in [6.07, 6.45) is 4.23. The van der Waals surface area contributed by atoms with Crippen molar-refractivity contribution in [1.29, 1.82) is 0 Å². The molecule has 0 atom stereocenters. The van der Waals surface area contributed by atoms with Gasteiger partial charge in [0, 0.05) is 10.5 Å². The number of hydroxylamine groups is 1. The van der Waals surface area contributed by atoms with E-state index in [1.807, 2.05) is 0 Å². The first-order chi connectivity index (χ1) is 8.66. The maximum Gasteiger partial charge on any atom is 0.274 e. The van der Waals surface area contributed by atoms with Crippen molar-refractivity contribution < 1.29 is 14.4 Å². The molecule has 0 spiro atoms. The highest BCUT2D eigenvalue weighted by Gasteiger charge is 2.10. The standard InChI is InChI=1S/C13H10BrNO3/c14-10-3-1-4-11(9-10)15(17)13(16)7-6-12-5-2-8-18-12/h1-9,17H. The zero-order chi connectivity index (χ0) is 13.0. The largest absolute Gasteiger partial charge is 0.465 e. The molecule has 0 fully saturated rings. The quantitative estimate of drug-likeness (QED) is 0.536. The molecule has 0 radical (unpaired) electrons. The Labute approximate surface area is 112 Å². The SMILES string of the molecule is O=C(C=Cc1ccco1)N(O)c1cccc(Br)c1. The van der Waals surface area contributed by atoms with Crippen molar-refractivity contribution in [3.05, 3.63) is 59.0 Å². The molecule has 92 valence electrons. The van der Waals surface area contributed by atoms with Crippen LogP contribution in [0.25, 0.3) is 6.08 Å². The minimum Gasteiger partial charge on any atom is -0.465 e. The van der Waals surface area contributed by atoms with Crippen LogP contribution in [0.2, 0.25) is 0 Å². The van der Waals surface area contributed by atoms with Gasteiger partial charge in [0.05, 0.1) is 12.0 Å². The van der Waals surface area contributed by atoms with Crippen molar-refractivity contribution in [3.8, 4) is 0 Å². The lowest BCUT2D eigenvalue weighted by Crippen LogP contribution is -2.24. The van der Waals surface area contributed by atoms with Crippen molar-refractivity contribution in [2.75, 3.05) is 5.06 Å². The fraction of sp³-hybridized carbons (Fsp3) is 0. The summed E-state index contributed by atoms with van der Waals surface area (Å²) in [7, 11) is 0. The second-order valence-corrected chi connectivity index (χ2v) is 4.39. The maximum atomic E-state index is 11.7. The molecule has 0 saturated carbocycles. The number of furan rings is 1. The van der Waals surface area contributed by atoms with Crippen molar-refractivity contribution in [2.45, 2.75) is 0 Å². The first-order valence-electron chi connectivity index (χ1n) is 5.17. The summed E-state index contributed by atoms with van der Waals surface area (Å²) < 4.78 is 5.82. The lowest BCUT2D eigenvalue weighted by Gasteiger charge is -2.12. The maximum absolute atomic E-state index is 11.7. The average Bonchev–Trinajstić information content (AvgIpc) is 2.88. The molecule has 5 heteroatoms. The van der Waals surface area contributed by atoms with E-state index >= 15 is 0 Å². The van der Waals surface area contributed by atoms with Gasteiger partial charge in [0.1, 0.15) is 5.76 Å². The molecule has 1 heterocycles. The van der Waals surface area contributed by atoms with Gasteiger partial charge in [0.2, 0.25) is 0 Å². The van der Waals surface area contributed by atoms with E-state index in [1.54, 1.807) is 36.4 Å². The molecule has 0 aliphatic carbocycles. The van der Waals surface area contributed by atoms with Crippen LogP contribution in [0.1, 0.15) is 5.76 Å². The van der Waals surface area contributed by atoms with Gasteiger partial charge in [-0.05, 0) is 36.4 Å². The lowest BCUT2D eigenvalue weighted by molar-refractivity contribution is -0.118. The third-order valence-corrected chi connectivity index (χ3v) is 2.69. The van der Waals surface area contributed by atoms with Gasteiger partial charge in [0.25, 0.3) is 5.91 Å². The molecule has 0 saturated heterocycles. The van der Waals surface area contributed by atoms with E-state index in [1.165, 1.54) is 18.4 Å². The molecule has 0 bridgehead atoms. The van der Waals surface area contributed by atoms with Gasteiger partial charge < -0.3 is 4.42 Å². The Bertz CT molecular complexity index is 563. The van der Waals surface area contributed by atoms with E-state index in [9.17, 15) is 10.0 Å². The Hall–Kier alpha value is -1.85. The molecule has 0 aliphatic rings. The van der Waals surface area contributed by atoms with Crippen LogP contribution in [-0.4, -0.2) is 11.1 Å². The smallest absolute Gasteiger partial charge is 0.274 e. The molecule has 2 aromatic rings. The van der Waals surface area contributed by atoms with E-state index in [2.05, 4.69) is 15.9 Å². The predicted octanol–water partition coefficient (Wildman–Crippen LogP) is 3.48. The Morgan fingerprint density at radius 2 is 2.17 bits per heavy atom. The number of benzene rings is 1. The Kier molecular flexibility index (Phi) is 3.96. The molecule has 4 nitrogen and oxygen atoms in total. The molecular formula is C13H10BrNO3. The number of carbonyl (C=O) groups excluding carboxylic acids is 1. The molecule has 0 aliphatic heterocycles. The third-order valence-electron chi connectivity index (χ3n) is 2.19. The molecule has 18 heavy (non-hydrogen) atoms. The zero-order valence-corrected chi connectivity index (χ0v) is 10.9. The van der Waals surface area contributed by atoms with Gasteiger partial charge in [-0.25, -0.2) is 0 Å². The second-order valence-electron chi connectivity index (χ2n) is 3.48. The highest BCUT2D eigenvalue weighted by molar-refractivity contribution is 9.10. The summed E-state index contributed by atoms with van der Waals surface area (Å²) in [5.74, 6) is -0.00417. The number of hydrogen-bond donors (Lipinski definition) is 1. The van der Waals surface area contributed by atoms with Crippen LogP contribution >= 0.6 is 15.9 Å². The summed E-state index contributed by atoms with van der Waals surface area (Å²) >= 11 is 3.27. The molecule has 1 aromatic carbocycles. The van der Waals surface area contributed by atoms with Crippen molar-refractivity contribution in [3.63, 3.8) is 0 Å². The van der Waals surface area contributed by atoms with Crippen molar-refractivity contribution in [1.82, 2.24) is 0 Å². The molecule has 2 rings (SSSR count). The Balaban J connectivity index is 2.09. The first-order valence-corrected chi connectivity index (χ1v) is 5.96. The second kappa shape index (κ2) is 5.66. The number of hydrogen-bond acceptors (Lipinski definition) is 3. The minimum atomic E-state index is -0.551. The van der Waals surface area contributed by atoms with Crippen LogP contribution in [-0.2, 0) is 4.79 Å². The summed E-state index contributed by atoms with van der Waals surface area (Å²) in [5.41, 5.74) is 0.387. The highest BCUT2D eigenvalue weighted by atomic mass is 79.9. The Morgan fingerprint density at radius 3 is 2.83 bits per heavy atom. The predicted molar refractivity (Wildman–Crippen MR) is 71.2 cm³/mol. The van der Waals surface area contributed by atoms with Gasteiger partial charge >= 0.3 is 0 Å². The van der Waals surface area contributed by atoms with Gasteiger partial charge in [0.15, 0.2) is 0 Å². The number of amides is 1. The van der Waals surface area contributed by atoms with E-state index in [4.69, 9.17) is 4.42 Å². The average molecular weight is 308 g/mol. The fourth-order valence-electron chi connectivity index (χ4n) is 1.35. The van der Waals surface area contributed by atoms with Crippen molar-refractivity contribution >= 4 is 33.6 Å². The van der Waals surface area contributed by atoms with Gasteiger partial charge in [-0.2, -0.15) is 5.06 Å². The number of carbonyl (C=O) groups is 1. The van der Waals surface area contributed by atoms with Gasteiger partial charge in [-0.1, -0.05) is 22.0 Å². The fourth-order valence-corrected chi connectivity index (χ4v) is 1.73. The number of anilines is 1. The molecule has 1 aromatic heterocycles. The van der Waals surface area contributed by atoms with Crippen molar-refractivity contribution in [2.24, 2.45) is 0 Å². The van der Waals surface area contributed by atoms with E-state index in [0.717, 1.165) is 4.47 Å². The monoisotopic (exact) mass is 307 g/mol. The minimum absolute atomic E-state index is 0.387. The van der Waals surface area contributed by atoms with Crippen LogP contribution in [0.4, 0.5) is 5.69 Å². The number of rotatable bonds is 3. The van der Waals surface area contributed by atoms with Crippen LogP contribution in [0.3, 0.4) is 0 Å². The highest BCUT2D eigenvalue weighted by Crippen LogP contribution is 2.19. The number of nitrogens with zero attached hydrogens (tertiary/aromatic N) is 1. The number of halogens is 1.